The number of benzene rings is 2. The van der Waals surface area contributed by atoms with Crippen LogP contribution < -0.4 is 15.4 Å². The van der Waals surface area contributed by atoms with Gasteiger partial charge in [-0.15, -0.1) is 12.4 Å². The van der Waals surface area contributed by atoms with E-state index in [0.29, 0.717) is 30.5 Å². The third-order valence-corrected chi connectivity index (χ3v) is 4.34. The van der Waals surface area contributed by atoms with Crippen molar-refractivity contribution in [2.45, 2.75) is 38.3 Å². The maximum atomic E-state index is 12.9. The fraction of sp³-hybridized carbons (Fsp3) is 0.350. The van der Waals surface area contributed by atoms with E-state index in [4.69, 9.17) is 4.74 Å². The molecule has 1 aliphatic heterocycles. The standard InChI is InChI=1S/C20H23FN2O2.ClH/c21-16-5-10-19(11-6-16)25-18-8-3-15(4-9-18)14-23-20(24)12-7-17-2-1-13-22-17;/h3-6,8-11,17,22H,1-2,7,12-14H2,(H,23,24);1H. The molecule has 1 atom stereocenters. The molecule has 2 aromatic carbocycles. The van der Waals surface area contributed by atoms with Crippen molar-refractivity contribution in [1.29, 1.82) is 0 Å². The molecule has 140 valence electrons. The quantitative estimate of drug-likeness (QED) is 0.759. The molecule has 2 N–H and O–H groups in total. The second-order valence-corrected chi connectivity index (χ2v) is 6.31. The summed E-state index contributed by atoms with van der Waals surface area (Å²) in [5, 5.41) is 6.35. The van der Waals surface area contributed by atoms with Crippen LogP contribution >= 0.6 is 12.4 Å². The second kappa shape index (κ2) is 10.1. The predicted octanol–water partition coefficient (Wildman–Crippen LogP) is 4.19. The van der Waals surface area contributed by atoms with Crippen molar-refractivity contribution in [3.8, 4) is 11.5 Å². The van der Waals surface area contributed by atoms with E-state index in [-0.39, 0.29) is 24.1 Å². The van der Waals surface area contributed by atoms with Crippen molar-refractivity contribution in [3.05, 3.63) is 59.9 Å². The minimum absolute atomic E-state index is 0. The Labute approximate surface area is 159 Å². The van der Waals surface area contributed by atoms with Gasteiger partial charge in [-0.3, -0.25) is 4.79 Å². The molecule has 2 aromatic rings. The van der Waals surface area contributed by atoms with Crippen LogP contribution in [0.3, 0.4) is 0 Å². The van der Waals surface area contributed by atoms with Crippen LogP contribution in [-0.2, 0) is 11.3 Å². The molecule has 0 radical (unpaired) electrons. The van der Waals surface area contributed by atoms with Gasteiger partial charge in [0.15, 0.2) is 0 Å². The predicted molar refractivity (Wildman–Crippen MR) is 102 cm³/mol. The first-order valence-corrected chi connectivity index (χ1v) is 8.71. The Morgan fingerprint density at radius 3 is 2.38 bits per heavy atom. The number of amides is 1. The maximum absolute atomic E-state index is 12.9. The van der Waals surface area contributed by atoms with E-state index in [9.17, 15) is 9.18 Å². The minimum Gasteiger partial charge on any atom is -0.457 e. The van der Waals surface area contributed by atoms with Gasteiger partial charge in [0.1, 0.15) is 17.3 Å². The summed E-state index contributed by atoms with van der Waals surface area (Å²) in [5.41, 5.74) is 1.01. The molecule has 1 saturated heterocycles. The highest BCUT2D eigenvalue weighted by Crippen LogP contribution is 2.21. The molecule has 0 saturated carbocycles. The first kappa shape index (κ1) is 20.2. The SMILES string of the molecule is Cl.O=C(CCC1CCCN1)NCc1ccc(Oc2ccc(F)cc2)cc1. The third-order valence-electron chi connectivity index (χ3n) is 4.34. The monoisotopic (exact) mass is 378 g/mol. The molecule has 1 unspecified atom stereocenters. The number of nitrogens with one attached hydrogen (secondary N) is 2. The van der Waals surface area contributed by atoms with Gasteiger partial charge in [-0.1, -0.05) is 12.1 Å². The van der Waals surface area contributed by atoms with Crippen LogP contribution in [0, 0.1) is 5.82 Å². The van der Waals surface area contributed by atoms with Crippen LogP contribution in [0.15, 0.2) is 48.5 Å². The molecule has 6 heteroatoms. The number of hydrogen-bond donors (Lipinski definition) is 2. The van der Waals surface area contributed by atoms with E-state index in [1.54, 1.807) is 12.1 Å². The summed E-state index contributed by atoms with van der Waals surface area (Å²) >= 11 is 0. The Morgan fingerprint density at radius 2 is 1.77 bits per heavy atom. The Morgan fingerprint density at radius 1 is 1.12 bits per heavy atom. The smallest absolute Gasteiger partial charge is 0.220 e. The molecular weight excluding hydrogens is 355 g/mol. The van der Waals surface area contributed by atoms with Crippen molar-refractivity contribution in [3.63, 3.8) is 0 Å². The summed E-state index contributed by atoms with van der Waals surface area (Å²) in [5.74, 6) is 1.06. The normalized spacial score (nSPS) is 16.0. The molecule has 3 rings (SSSR count). The number of carbonyl (C=O) groups is 1. The van der Waals surface area contributed by atoms with Crippen molar-refractivity contribution in [2.24, 2.45) is 0 Å². The van der Waals surface area contributed by atoms with E-state index >= 15 is 0 Å². The van der Waals surface area contributed by atoms with Crippen molar-refractivity contribution in [1.82, 2.24) is 10.6 Å². The van der Waals surface area contributed by atoms with Gasteiger partial charge < -0.3 is 15.4 Å². The van der Waals surface area contributed by atoms with Crippen LogP contribution in [0.25, 0.3) is 0 Å². The van der Waals surface area contributed by atoms with E-state index < -0.39 is 0 Å². The summed E-state index contributed by atoms with van der Waals surface area (Å²) < 4.78 is 18.5. The molecule has 0 aliphatic carbocycles. The third kappa shape index (κ3) is 6.32. The number of rotatable bonds is 7. The van der Waals surface area contributed by atoms with Gasteiger partial charge in [-0.05, 0) is 67.8 Å². The highest BCUT2D eigenvalue weighted by atomic mass is 35.5. The molecule has 1 amide bonds. The molecule has 26 heavy (non-hydrogen) atoms. The van der Waals surface area contributed by atoms with Crippen molar-refractivity contribution in [2.75, 3.05) is 6.54 Å². The number of hydrogen-bond acceptors (Lipinski definition) is 3. The zero-order valence-corrected chi connectivity index (χ0v) is 15.4. The highest BCUT2D eigenvalue weighted by Gasteiger charge is 2.15. The zero-order chi connectivity index (χ0) is 17.5. The van der Waals surface area contributed by atoms with Gasteiger partial charge >= 0.3 is 0 Å². The molecule has 0 spiro atoms. The lowest BCUT2D eigenvalue weighted by molar-refractivity contribution is -0.121. The Bertz CT molecular complexity index is 686. The Balaban J connectivity index is 0.00000243. The van der Waals surface area contributed by atoms with E-state index in [2.05, 4.69) is 10.6 Å². The highest BCUT2D eigenvalue weighted by molar-refractivity contribution is 5.85. The lowest BCUT2D eigenvalue weighted by Crippen LogP contribution is -2.27. The van der Waals surface area contributed by atoms with Gasteiger partial charge in [0.05, 0.1) is 0 Å². The Kier molecular flexibility index (Phi) is 7.88. The summed E-state index contributed by atoms with van der Waals surface area (Å²) in [6.45, 7) is 1.58. The summed E-state index contributed by atoms with van der Waals surface area (Å²) in [7, 11) is 0. The number of carbonyl (C=O) groups excluding carboxylic acids is 1. The van der Waals surface area contributed by atoms with E-state index in [1.165, 1.54) is 25.0 Å². The first-order chi connectivity index (χ1) is 12.2. The van der Waals surface area contributed by atoms with Crippen LogP contribution in [-0.4, -0.2) is 18.5 Å². The average Bonchev–Trinajstić information content (AvgIpc) is 3.15. The molecule has 1 heterocycles. The van der Waals surface area contributed by atoms with Gasteiger partial charge in [-0.2, -0.15) is 0 Å². The van der Waals surface area contributed by atoms with Crippen LogP contribution in [0.5, 0.6) is 11.5 Å². The first-order valence-electron chi connectivity index (χ1n) is 8.71. The number of halogens is 2. The molecule has 4 nitrogen and oxygen atoms in total. The minimum atomic E-state index is -0.290. The van der Waals surface area contributed by atoms with Crippen LogP contribution in [0.2, 0.25) is 0 Å². The maximum Gasteiger partial charge on any atom is 0.220 e. The summed E-state index contributed by atoms with van der Waals surface area (Å²) in [6, 6.07) is 13.9. The molecule has 1 fully saturated rings. The van der Waals surface area contributed by atoms with Crippen LogP contribution in [0.1, 0.15) is 31.2 Å². The van der Waals surface area contributed by atoms with Crippen LogP contribution in [0.4, 0.5) is 4.39 Å². The Hall–Kier alpha value is -2.11. The van der Waals surface area contributed by atoms with Crippen molar-refractivity contribution < 1.29 is 13.9 Å². The topological polar surface area (TPSA) is 50.4 Å². The van der Waals surface area contributed by atoms with Gasteiger partial charge in [0.2, 0.25) is 5.91 Å². The van der Waals surface area contributed by atoms with Gasteiger partial charge in [0.25, 0.3) is 0 Å². The fourth-order valence-electron chi connectivity index (χ4n) is 2.91. The molecule has 0 bridgehead atoms. The second-order valence-electron chi connectivity index (χ2n) is 6.31. The van der Waals surface area contributed by atoms with Gasteiger partial charge in [0, 0.05) is 19.0 Å². The lowest BCUT2D eigenvalue weighted by atomic mass is 10.1. The summed E-state index contributed by atoms with van der Waals surface area (Å²) in [4.78, 5) is 11.9. The van der Waals surface area contributed by atoms with Gasteiger partial charge in [-0.25, -0.2) is 4.39 Å². The van der Waals surface area contributed by atoms with E-state index in [1.807, 2.05) is 24.3 Å². The largest absolute Gasteiger partial charge is 0.457 e. The molecule has 1 aliphatic rings. The van der Waals surface area contributed by atoms with Crippen molar-refractivity contribution >= 4 is 18.3 Å². The average molecular weight is 379 g/mol. The molecular formula is C20H24ClFN2O2. The zero-order valence-electron chi connectivity index (χ0n) is 14.5. The fourth-order valence-corrected chi connectivity index (χ4v) is 2.91. The number of ether oxygens (including phenoxy) is 1. The lowest BCUT2D eigenvalue weighted by Gasteiger charge is -2.10. The summed E-state index contributed by atoms with van der Waals surface area (Å²) in [6.07, 6.45) is 3.83. The van der Waals surface area contributed by atoms with E-state index in [0.717, 1.165) is 18.5 Å². The molecule has 0 aromatic heterocycles.